The summed E-state index contributed by atoms with van der Waals surface area (Å²) in [6.07, 6.45) is 0. The zero-order valence-corrected chi connectivity index (χ0v) is 11.8. The average Bonchev–Trinajstić information content (AvgIpc) is 2.54. The van der Waals surface area contributed by atoms with Crippen molar-refractivity contribution in [2.45, 2.75) is 0 Å². The van der Waals surface area contributed by atoms with Crippen LogP contribution >= 0.6 is 0 Å². The van der Waals surface area contributed by atoms with Gasteiger partial charge in [0.1, 0.15) is 0 Å². The van der Waals surface area contributed by atoms with Gasteiger partial charge in [-0.05, 0) is 41.1 Å². The predicted octanol–water partition coefficient (Wildman–Crippen LogP) is 3.55. The summed E-state index contributed by atoms with van der Waals surface area (Å²) in [4.78, 5) is 12.2. The van der Waals surface area contributed by atoms with Crippen LogP contribution in [-0.4, -0.2) is 22.5 Å². The van der Waals surface area contributed by atoms with Gasteiger partial charge in [0.05, 0.1) is 6.54 Å². The lowest BCUT2D eigenvalue weighted by molar-refractivity contribution is 0.101. The second-order valence-corrected chi connectivity index (χ2v) is 5.05. The molecular formula is C18H15NO3. The molecule has 0 bridgehead atoms. The highest BCUT2D eigenvalue weighted by Gasteiger charge is 2.08. The van der Waals surface area contributed by atoms with Gasteiger partial charge < -0.3 is 15.5 Å². The summed E-state index contributed by atoms with van der Waals surface area (Å²) >= 11 is 0. The molecular weight excluding hydrogens is 278 g/mol. The molecule has 4 heteroatoms. The number of rotatable bonds is 4. The van der Waals surface area contributed by atoms with Gasteiger partial charge in [-0.1, -0.05) is 30.3 Å². The van der Waals surface area contributed by atoms with E-state index in [0.29, 0.717) is 10.9 Å². The van der Waals surface area contributed by atoms with Crippen molar-refractivity contribution in [2.24, 2.45) is 0 Å². The minimum atomic E-state index is -0.195. The quantitative estimate of drug-likeness (QED) is 0.508. The smallest absolute Gasteiger partial charge is 0.181 e. The number of fused-ring (bicyclic) bond motifs is 1. The Balaban J connectivity index is 1.80. The van der Waals surface area contributed by atoms with Crippen molar-refractivity contribution >= 4 is 22.2 Å². The highest BCUT2D eigenvalue weighted by molar-refractivity contribution is 6.02. The molecule has 22 heavy (non-hydrogen) atoms. The Morgan fingerprint density at radius 3 is 2.27 bits per heavy atom. The van der Waals surface area contributed by atoms with E-state index in [-0.39, 0.29) is 23.8 Å². The normalized spacial score (nSPS) is 10.5. The topological polar surface area (TPSA) is 69.6 Å². The summed E-state index contributed by atoms with van der Waals surface area (Å²) in [5, 5.41) is 23.6. The number of para-hydroxylation sites is 1. The molecule has 0 saturated heterocycles. The maximum absolute atomic E-state index is 12.2. The molecule has 0 saturated carbocycles. The molecule has 0 spiro atoms. The lowest BCUT2D eigenvalue weighted by atomic mass is 10.0. The fourth-order valence-corrected chi connectivity index (χ4v) is 2.29. The van der Waals surface area contributed by atoms with Gasteiger partial charge in [-0.25, -0.2) is 0 Å². The fraction of sp³-hybridized carbons (Fsp3) is 0.0556. The maximum atomic E-state index is 12.2. The first kappa shape index (κ1) is 13.9. The molecule has 0 atom stereocenters. The second kappa shape index (κ2) is 5.77. The van der Waals surface area contributed by atoms with Crippen molar-refractivity contribution in [2.75, 3.05) is 11.9 Å². The Kier molecular flexibility index (Phi) is 3.66. The summed E-state index contributed by atoms with van der Waals surface area (Å²) < 4.78 is 0. The Hall–Kier alpha value is -3.01. The van der Waals surface area contributed by atoms with Gasteiger partial charge in [0.2, 0.25) is 0 Å². The molecule has 4 nitrogen and oxygen atoms in total. The summed E-state index contributed by atoms with van der Waals surface area (Å²) in [7, 11) is 0. The third kappa shape index (κ3) is 2.86. The van der Waals surface area contributed by atoms with Crippen LogP contribution < -0.4 is 5.32 Å². The average molecular weight is 293 g/mol. The zero-order valence-electron chi connectivity index (χ0n) is 11.8. The number of nitrogens with one attached hydrogen (secondary N) is 1. The van der Waals surface area contributed by atoms with E-state index in [1.54, 1.807) is 18.2 Å². The maximum Gasteiger partial charge on any atom is 0.181 e. The van der Waals surface area contributed by atoms with Crippen LogP contribution in [0.1, 0.15) is 10.4 Å². The first-order valence-electron chi connectivity index (χ1n) is 6.91. The van der Waals surface area contributed by atoms with E-state index in [1.165, 1.54) is 12.1 Å². The van der Waals surface area contributed by atoms with Crippen LogP contribution in [-0.2, 0) is 0 Å². The number of carbonyl (C=O) groups is 1. The molecule has 3 aromatic carbocycles. The van der Waals surface area contributed by atoms with Gasteiger partial charge in [-0.15, -0.1) is 0 Å². The number of ketones is 1. The standard InChI is InChI=1S/C18H15NO3/c20-16-9-12-6-7-13(8-14(12)10-17(16)21)18(22)11-19-15-4-2-1-3-5-15/h1-10,19-21H,11H2. The van der Waals surface area contributed by atoms with Crippen LogP contribution in [0.15, 0.2) is 60.7 Å². The van der Waals surface area contributed by atoms with Gasteiger partial charge >= 0.3 is 0 Å². The van der Waals surface area contributed by atoms with Crippen molar-refractivity contribution in [3.63, 3.8) is 0 Å². The summed E-state index contributed by atoms with van der Waals surface area (Å²) in [6, 6.07) is 17.6. The number of Topliss-reactive ketones (excluding diaryl/α,β-unsaturated/α-hetero) is 1. The largest absolute Gasteiger partial charge is 0.504 e. The van der Waals surface area contributed by atoms with Crippen LogP contribution in [0.25, 0.3) is 10.8 Å². The van der Waals surface area contributed by atoms with Gasteiger partial charge in [0.15, 0.2) is 17.3 Å². The van der Waals surface area contributed by atoms with Crippen LogP contribution in [0.4, 0.5) is 5.69 Å². The van der Waals surface area contributed by atoms with Gasteiger partial charge in [0, 0.05) is 11.3 Å². The number of phenols is 2. The fourth-order valence-electron chi connectivity index (χ4n) is 2.29. The molecule has 0 amide bonds. The van der Waals surface area contributed by atoms with Crippen molar-refractivity contribution in [3.8, 4) is 11.5 Å². The minimum Gasteiger partial charge on any atom is -0.504 e. The number of benzene rings is 3. The Morgan fingerprint density at radius 1 is 0.864 bits per heavy atom. The molecule has 3 rings (SSSR count). The van der Waals surface area contributed by atoms with Gasteiger partial charge in [-0.3, -0.25) is 4.79 Å². The van der Waals surface area contributed by atoms with Crippen LogP contribution in [0, 0.1) is 0 Å². The van der Waals surface area contributed by atoms with Crippen LogP contribution in [0.5, 0.6) is 11.5 Å². The van der Waals surface area contributed by atoms with E-state index in [4.69, 9.17) is 0 Å². The van der Waals surface area contributed by atoms with E-state index in [2.05, 4.69) is 5.32 Å². The van der Waals surface area contributed by atoms with Crippen LogP contribution in [0.2, 0.25) is 0 Å². The SMILES string of the molecule is O=C(CNc1ccccc1)c1ccc2cc(O)c(O)cc2c1. The molecule has 0 aliphatic heterocycles. The third-order valence-electron chi connectivity index (χ3n) is 3.48. The van der Waals surface area contributed by atoms with Crippen molar-refractivity contribution < 1.29 is 15.0 Å². The number of hydrogen-bond acceptors (Lipinski definition) is 4. The minimum absolute atomic E-state index is 0.0432. The lowest BCUT2D eigenvalue weighted by Gasteiger charge is -2.07. The molecule has 3 aromatic rings. The molecule has 0 fully saturated rings. The molecule has 0 heterocycles. The molecule has 0 aliphatic rings. The zero-order chi connectivity index (χ0) is 15.5. The molecule has 0 aromatic heterocycles. The Labute approximate surface area is 127 Å². The number of aromatic hydroxyl groups is 2. The summed E-state index contributed by atoms with van der Waals surface area (Å²) in [5.41, 5.74) is 1.44. The van der Waals surface area contributed by atoms with E-state index < -0.39 is 0 Å². The van der Waals surface area contributed by atoms with Gasteiger partial charge in [-0.2, -0.15) is 0 Å². The molecule has 3 N–H and O–H groups in total. The van der Waals surface area contributed by atoms with E-state index in [1.807, 2.05) is 30.3 Å². The summed E-state index contributed by atoms with van der Waals surface area (Å²) in [6.45, 7) is 0.194. The van der Waals surface area contributed by atoms with Crippen molar-refractivity contribution in [3.05, 3.63) is 66.2 Å². The van der Waals surface area contributed by atoms with E-state index >= 15 is 0 Å². The molecule has 110 valence electrons. The lowest BCUT2D eigenvalue weighted by Crippen LogP contribution is -2.13. The predicted molar refractivity (Wildman–Crippen MR) is 86.5 cm³/mol. The second-order valence-electron chi connectivity index (χ2n) is 5.05. The van der Waals surface area contributed by atoms with Crippen LogP contribution in [0.3, 0.4) is 0 Å². The Bertz CT molecular complexity index is 828. The highest BCUT2D eigenvalue weighted by Crippen LogP contribution is 2.30. The highest BCUT2D eigenvalue weighted by atomic mass is 16.3. The first-order valence-corrected chi connectivity index (χ1v) is 6.91. The number of hydrogen-bond donors (Lipinski definition) is 3. The monoisotopic (exact) mass is 293 g/mol. The molecule has 0 unspecified atom stereocenters. The Morgan fingerprint density at radius 2 is 1.55 bits per heavy atom. The number of phenolic OH excluding ortho intramolecular Hbond substituents is 2. The number of carbonyl (C=O) groups excluding carboxylic acids is 1. The number of anilines is 1. The van der Waals surface area contributed by atoms with E-state index in [0.717, 1.165) is 11.1 Å². The molecule has 0 aliphatic carbocycles. The van der Waals surface area contributed by atoms with Crippen molar-refractivity contribution in [1.82, 2.24) is 0 Å². The summed E-state index contributed by atoms with van der Waals surface area (Å²) in [5.74, 6) is -0.407. The third-order valence-corrected chi connectivity index (χ3v) is 3.48. The van der Waals surface area contributed by atoms with Gasteiger partial charge in [0.25, 0.3) is 0 Å². The van der Waals surface area contributed by atoms with Crippen molar-refractivity contribution in [1.29, 1.82) is 0 Å². The first-order chi connectivity index (χ1) is 10.6. The molecule has 0 radical (unpaired) electrons. The van der Waals surface area contributed by atoms with E-state index in [9.17, 15) is 15.0 Å².